The van der Waals surface area contributed by atoms with Gasteiger partial charge >= 0.3 is 5.97 Å². The molecule has 1 aliphatic rings. The van der Waals surface area contributed by atoms with Crippen LogP contribution in [0, 0.1) is 11.8 Å². The van der Waals surface area contributed by atoms with Crippen LogP contribution >= 0.6 is 10.7 Å². The molecule has 0 saturated heterocycles. The fourth-order valence-electron chi connectivity index (χ4n) is 2.82. The molecule has 1 heterocycles. The number of hydrogen-bond donors (Lipinski definition) is 1. The van der Waals surface area contributed by atoms with Gasteiger partial charge in [0.25, 0.3) is 9.05 Å². The molecule has 0 radical (unpaired) electrons. The second kappa shape index (κ2) is 5.77. The number of esters is 1. The molecular weight excluding hydrogens is 302 g/mol. The van der Waals surface area contributed by atoms with E-state index in [1.807, 2.05) is 0 Å². The normalized spacial score (nSPS) is 27.2. The summed E-state index contributed by atoms with van der Waals surface area (Å²) in [6, 6.07) is 1.19. The van der Waals surface area contributed by atoms with Crippen LogP contribution in [0.15, 0.2) is 17.2 Å². The summed E-state index contributed by atoms with van der Waals surface area (Å²) in [6.45, 7) is 4.28. The maximum atomic E-state index is 12.0. The van der Waals surface area contributed by atoms with Crippen LogP contribution in [0.5, 0.6) is 0 Å². The second-order valence-electron chi connectivity index (χ2n) is 5.63. The van der Waals surface area contributed by atoms with Crippen LogP contribution in [0.3, 0.4) is 0 Å². The topological polar surface area (TPSA) is 76.2 Å². The molecule has 2 atom stereocenters. The average molecular weight is 320 g/mol. The van der Waals surface area contributed by atoms with Crippen LogP contribution in [0.1, 0.15) is 43.6 Å². The van der Waals surface area contributed by atoms with E-state index >= 15 is 0 Å². The Bertz CT molecular complexity index is 585. The Labute approximate surface area is 123 Å². The third kappa shape index (κ3) is 3.76. The van der Waals surface area contributed by atoms with Gasteiger partial charge in [0.15, 0.2) is 0 Å². The first-order valence-corrected chi connectivity index (χ1v) is 8.90. The van der Waals surface area contributed by atoms with E-state index in [4.69, 9.17) is 15.4 Å². The van der Waals surface area contributed by atoms with Gasteiger partial charge in [-0.05, 0) is 37.2 Å². The molecule has 112 valence electrons. The maximum Gasteiger partial charge on any atom is 0.355 e. The predicted octanol–water partition coefficient (Wildman–Crippen LogP) is 2.92. The molecule has 0 amide bonds. The number of aromatic nitrogens is 1. The molecule has 7 heteroatoms. The highest BCUT2D eigenvalue weighted by atomic mass is 35.7. The smallest absolute Gasteiger partial charge is 0.355 e. The number of aromatic amines is 1. The Balaban J connectivity index is 2.03. The Morgan fingerprint density at radius 3 is 2.40 bits per heavy atom. The lowest BCUT2D eigenvalue weighted by atomic mass is 9.82. The highest BCUT2D eigenvalue weighted by molar-refractivity contribution is 8.13. The minimum atomic E-state index is -3.83. The Morgan fingerprint density at radius 2 is 1.90 bits per heavy atom. The molecule has 2 rings (SSSR count). The first-order chi connectivity index (χ1) is 9.25. The summed E-state index contributed by atoms with van der Waals surface area (Å²) in [4.78, 5) is 14.4. The molecule has 1 N–H and O–H groups in total. The number of carbonyl (C=O) groups is 1. The van der Waals surface area contributed by atoms with Gasteiger partial charge in [-0.25, -0.2) is 13.2 Å². The van der Waals surface area contributed by atoms with Crippen molar-refractivity contribution in [3.05, 3.63) is 18.0 Å². The van der Waals surface area contributed by atoms with Crippen molar-refractivity contribution in [3.8, 4) is 0 Å². The zero-order valence-electron chi connectivity index (χ0n) is 11.4. The van der Waals surface area contributed by atoms with Crippen molar-refractivity contribution in [1.29, 1.82) is 0 Å². The fourth-order valence-corrected chi connectivity index (χ4v) is 3.54. The molecule has 1 aromatic rings. The summed E-state index contributed by atoms with van der Waals surface area (Å²) < 4.78 is 27.7. The van der Waals surface area contributed by atoms with Gasteiger partial charge in [-0.1, -0.05) is 13.8 Å². The van der Waals surface area contributed by atoms with Gasteiger partial charge in [-0.15, -0.1) is 0 Å². The molecule has 0 aliphatic heterocycles. The van der Waals surface area contributed by atoms with Crippen LogP contribution in [-0.2, 0) is 13.8 Å². The van der Waals surface area contributed by atoms with Gasteiger partial charge in [0.1, 0.15) is 16.7 Å². The SMILES string of the molecule is CC1CC(C)CC(OC(=O)c2cc(S(=O)(=O)Cl)c[nH]2)C1. The summed E-state index contributed by atoms with van der Waals surface area (Å²) in [5.41, 5.74) is 0.107. The maximum absolute atomic E-state index is 12.0. The van der Waals surface area contributed by atoms with Crippen LogP contribution < -0.4 is 0 Å². The summed E-state index contributed by atoms with van der Waals surface area (Å²) in [5.74, 6) is 0.515. The van der Waals surface area contributed by atoms with Gasteiger partial charge in [0, 0.05) is 16.9 Å². The number of rotatable bonds is 3. The Hall–Kier alpha value is -1.01. The lowest BCUT2D eigenvalue weighted by Crippen LogP contribution is -2.28. The van der Waals surface area contributed by atoms with Crippen LogP contribution in [0.4, 0.5) is 0 Å². The van der Waals surface area contributed by atoms with Crippen molar-refractivity contribution < 1.29 is 17.9 Å². The molecule has 0 aromatic carbocycles. The highest BCUT2D eigenvalue weighted by Gasteiger charge is 2.27. The molecule has 1 fully saturated rings. The number of H-pyrrole nitrogens is 1. The quantitative estimate of drug-likeness (QED) is 0.686. The summed E-state index contributed by atoms with van der Waals surface area (Å²) >= 11 is 0. The number of carbonyl (C=O) groups excluding carboxylic acids is 1. The van der Waals surface area contributed by atoms with Crippen molar-refractivity contribution >= 4 is 25.7 Å². The Morgan fingerprint density at radius 1 is 1.30 bits per heavy atom. The largest absolute Gasteiger partial charge is 0.458 e. The molecule has 0 bridgehead atoms. The number of ether oxygens (including phenoxy) is 1. The molecule has 1 aliphatic carbocycles. The minimum Gasteiger partial charge on any atom is -0.458 e. The molecule has 0 spiro atoms. The van der Waals surface area contributed by atoms with Crippen LogP contribution in [0.2, 0.25) is 0 Å². The number of halogens is 1. The van der Waals surface area contributed by atoms with Crippen LogP contribution in [0.25, 0.3) is 0 Å². The van der Waals surface area contributed by atoms with E-state index in [0.29, 0.717) is 11.8 Å². The van der Waals surface area contributed by atoms with E-state index in [-0.39, 0.29) is 16.7 Å². The van der Waals surface area contributed by atoms with Gasteiger partial charge in [0.2, 0.25) is 0 Å². The van der Waals surface area contributed by atoms with Gasteiger partial charge in [-0.2, -0.15) is 0 Å². The second-order valence-corrected chi connectivity index (χ2v) is 8.20. The van der Waals surface area contributed by atoms with E-state index in [9.17, 15) is 13.2 Å². The lowest BCUT2D eigenvalue weighted by Gasteiger charge is -2.30. The average Bonchev–Trinajstić information content (AvgIpc) is 2.75. The zero-order valence-corrected chi connectivity index (χ0v) is 13.0. The monoisotopic (exact) mass is 319 g/mol. The van der Waals surface area contributed by atoms with E-state index in [2.05, 4.69) is 18.8 Å². The Kier molecular flexibility index (Phi) is 4.44. The number of nitrogens with one attached hydrogen (secondary N) is 1. The first kappa shape index (κ1) is 15.4. The molecule has 20 heavy (non-hydrogen) atoms. The molecule has 2 unspecified atom stereocenters. The molecular formula is C13H18ClNO4S. The molecule has 5 nitrogen and oxygen atoms in total. The summed E-state index contributed by atoms with van der Waals surface area (Å²) in [5, 5.41) is 0. The van der Waals surface area contributed by atoms with E-state index < -0.39 is 15.0 Å². The van der Waals surface area contributed by atoms with Crippen molar-refractivity contribution in [1.82, 2.24) is 4.98 Å². The van der Waals surface area contributed by atoms with Gasteiger partial charge in [-0.3, -0.25) is 0 Å². The molecule has 1 aromatic heterocycles. The molecule has 1 saturated carbocycles. The van der Waals surface area contributed by atoms with Crippen molar-refractivity contribution in [2.75, 3.05) is 0 Å². The van der Waals surface area contributed by atoms with Gasteiger partial charge < -0.3 is 9.72 Å². The lowest BCUT2D eigenvalue weighted by molar-refractivity contribution is 0.00751. The third-order valence-corrected chi connectivity index (χ3v) is 4.90. The number of hydrogen-bond acceptors (Lipinski definition) is 4. The van der Waals surface area contributed by atoms with Crippen molar-refractivity contribution in [2.24, 2.45) is 11.8 Å². The van der Waals surface area contributed by atoms with E-state index in [1.54, 1.807) is 0 Å². The fraction of sp³-hybridized carbons (Fsp3) is 0.615. The standard InChI is InChI=1S/C13H18ClNO4S/c1-8-3-9(2)5-10(4-8)19-13(16)12-6-11(7-15-12)20(14,17)18/h6-10,15H,3-5H2,1-2H3. The van der Waals surface area contributed by atoms with Crippen molar-refractivity contribution in [2.45, 2.75) is 44.1 Å². The highest BCUT2D eigenvalue weighted by Crippen LogP contribution is 2.30. The summed E-state index contributed by atoms with van der Waals surface area (Å²) in [6.07, 6.45) is 3.91. The third-order valence-electron chi connectivity index (χ3n) is 3.57. The van der Waals surface area contributed by atoms with Gasteiger partial charge in [0.05, 0.1) is 0 Å². The van der Waals surface area contributed by atoms with Crippen LogP contribution in [-0.4, -0.2) is 25.5 Å². The first-order valence-electron chi connectivity index (χ1n) is 6.59. The van der Waals surface area contributed by atoms with E-state index in [0.717, 1.165) is 19.3 Å². The minimum absolute atomic E-state index is 0.107. The zero-order chi connectivity index (χ0) is 14.9. The summed E-state index contributed by atoms with van der Waals surface area (Å²) in [7, 11) is 1.37. The predicted molar refractivity (Wildman–Crippen MR) is 75.2 cm³/mol. The van der Waals surface area contributed by atoms with Crippen molar-refractivity contribution in [3.63, 3.8) is 0 Å². The van der Waals surface area contributed by atoms with E-state index in [1.165, 1.54) is 12.3 Å².